The van der Waals surface area contributed by atoms with Crippen LogP contribution in [-0.4, -0.2) is 23.3 Å². The van der Waals surface area contributed by atoms with Gasteiger partial charge in [0.15, 0.2) is 0 Å². The van der Waals surface area contributed by atoms with Gasteiger partial charge in [-0.05, 0) is 18.4 Å². The van der Waals surface area contributed by atoms with Gasteiger partial charge in [0.25, 0.3) is 11.8 Å². The molecule has 1 aliphatic rings. The summed E-state index contributed by atoms with van der Waals surface area (Å²) in [6.45, 7) is 4.13. The second-order valence-corrected chi connectivity index (χ2v) is 4.39. The molecule has 0 spiro atoms. The van der Waals surface area contributed by atoms with Gasteiger partial charge >= 0.3 is 0 Å². The summed E-state index contributed by atoms with van der Waals surface area (Å²) in [5.74, 6) is -0.212. The molecule has 1 unspecified atom stereocenters. The standard InChI is InChI=1S/C14H15NO2/c1-10-8-13(16)15(14(10)17)9-11(2)12-6-4-3-5-7-12/h3-8,11H,9H2,1-2H3. The van der Waals surface area contributed by atoms with E-state index in [0.717, 1.165) is 5.56 Å². The van der Waals surface area contributed by atoms with Gasteiger partial charge in [0.1, 0.15) is 0 Å². The first-order valence-electron chi connectivity index (χ1n) is 5.68. The summed E-state index contributed by atoms with van der Waals surface area (Å²) in [4.78, 5) is 24.6. The topological polar surface area (TPSA) is 37.4 Å². The van der Waals surface area contributed by atoms with Gasteiger partial charge in [0.2, 0.25) is 0 Å². The third kappa shape index (κ3) is 2.28. The van der Waals surface area contributed by atoms with Gasteiger partial charge in [-0.2, -0.15) is 0 Å². The first-order chi connectivity index (χ1) is 8.09. The fourth-order valence-corrected chi connectivity index (χ4v) is 1.97. The van der Waals surface area contributed by atoms with E-state index in [1.165, 1.54) is 11.0 Å². The Hall–Kier alpha value is -1.90. The normalized spacial score (nSPS) is 17.3. The smallest absolute Gasteiger partial charge is 0.256 e. The fraction of sp³-hybridized carbons (Fsp3) is 0.286. The second kappa shape index (κ2) is 4.53. The highest BCUT2D eigenvalue weighted by atomic mass is 16.2. The lowest BCUT2D eigenvalue weighted by atomic mass is 10.0. The number of benzene rings is 1. The Morgan fingerprint density at radius 3 is 2.35 bits per heavy atom. The Labute approximate surface area is 101 Å². The van der Waals surface area contributed by atoms with Crippen molar-refractivity contribution in [1.29, 1.82) is 0 Å². The van der Waals surface area contributed by atoms with Crippen LogP contribution in [0.15, 0.2) is 42.0 Å². The zero-order valence-corrected chi connectivity index (χ0v) is 10.0. The number of imide groups is 1. The monoisotopic (exact) mass is 229 g/mol. The first kappa shape index (κ1) is 11.6. The molecular formula is C14H15NO2. The Kier molecular flexibility index (Phi) is 3.09. The lowest BCUT2D eigenvalue weighted by Gasteiger charge is -2.19. The summed E-state index contributed by atoms with van der Waals surface area (Å²) in [6.07, 6.45) is 1.40. The van der Waals surface area contributed by atoms with Crippen LogP contribution >= 0.6 is 0 Å². The van der Waals surface area contributed by atoms with Crippen LogP contribution in [0.5, 0.6) is 0 Å². The molecule has 88 valence electrons. The Morgan fingerprint density at radius 1 is 1.18 bits per heavy atom. The molecule has 3 nitrogen and oxygen atoms in total. The van der Waals surface area contributed by atoms with Crippen LogP contribution in [0.2, 0.25) is 0 Å². The zero-order chi connectivity index (χ0) is 12.4. The van der Waals surface area contributed by atoms with Gasteiger partial charge < -0.3 is 0 Å². The SMILES string of the molecule is CC1=CC(=O)N(CC(C)c2ccccc2)C1=O. The maximum Gasteiger partial charge on any atom is 0.256 e. The van der Waals surface area contributed by atoms with Crippen molar-refractivity contribution >= 4 is 11.8 Å². The average molecular weight is 229 g/mol. The van der Waals surface area contributed by atoms with E-state index in [-0.39, 0.29) is 17.7 Å². The van der Waals surface area contributed by atoms with Crippen molar-refractivity contribution in [2.24, 2.45) is 0 Å². The minimum absolute atomic E-state index is 0.156. The van der Waals surface area contributed by atoms with E-state index in [2.05, 4.69) is 0 Å². The minimum Gasteiger partial charge on any atom is -0.275 e. The van der Waals surface area contributed by atoms with Crippen LogP contribution in [0, 0.1) is 0 Å². The third-order valence-electron chi connectivity index (χ3n) is 3.01. The van der Waals surface area contributed by atoms with Crippen molar-refractivity contribution in [3.05, 3.63) is 47.5 Å². The van der Waals surface area contributed by atoms with Gasteiger partial charge in [0, 0.05) is 18.2 Å². The zero-order valence-electron chi connectivity index (χ0n) is 10.0. The number of rotatable bonds is 3. The van der Waals surface area contributed by atoms with Crippen molar-refractivity contribution in [1.82, 2.24) is 4.90 Å². The molecule has 1 heterocycles. The second-order valence-electron chi connectivity index (χ2n) is 4.39. The highest BCUT2D eigenvalue weighted by Crippen LogP contribution is 2.20. The molecule has 2 rings (SSSR count). The van der Waals surface area contributed by atoms with Crippen LogP contribution in [0.4, 0.5) is 0 Å². The van der Waals surface area contributed by atoms with Crippen LogP contribution in [-0.2, 0) is 9.59 Å². The molecule has 1 aromatic rings. The summed E-state index contributed by atoms with van der Waals surface area (Å²) in [5.41, 5.74) is 1.66. The number of carbonyl (C=O) groups excluding carboxylic acids is 2. The highest BCUT2D eigenvalue weighted by molar-refractivity contribution is 6.15. The summed E-state index contributed by atoms with van der Waals surface area (Å²) >= 11 is 0. The van der Waals surface area contributed by atoms with E-state index in [1.807, 2.05) is 37.3 Å². The predicted molar refractivity (Wildman–Crippen MR) is 65.3 cm³/mol. The average Bonchev–Trinajstić information content (AvgIpc) is 2.57. The summed E-state index contributed by atoms with van der Waals surface area (Å²) in [7, 11) is 0. The molecule has 0 radical (unpaired) electrons. The van der Waals surface area contributed by atoms with E-state index in [9.17, 15) is 9.59 Å². The molecule has 0 aromatic heterocycles. The highest BCUT2D eigenvalue weighted by Gasteiger charge is 2.29. The van der Waals surface area contributed by atoms with Gasteiger partial charge in [0.05, 0.1) is 0 Å². The van der Waals surface area contributed by atoms with E-state index >= 15 is 0 Å². The van der Waals surface area contributed by atoms with Crippen LogP contribution in [0.25, 0.3) is 0 Å². The molecule has 2 amide bonds. The van der Waals surface area contributed by atoms with Crippen molar-refractivity contribution in [2.75, 3.05) is 6.54 Å². The quantitative estimate of drug-likeness (QED) is 0.744. The molecule has 0 N–H and O–H groups in total. The lowest BCUT2D eigenvalue weighted by Crippen LogP contribution is -2.34. The molecule has 0 fully saturated rings. The van der Waals surface area contributed by atoms with E-state index in [4.69, 9.17) is 0 Å². The van der Waals surface area contributed by atoms with E-state index in [0.29, 0.717) is 12.1 Å². The number of amides is 2. The van der Waals surface area contributed by atoms with E-state index in [1.54, 1.807) is 6.92 Å². The van der Waals surface area contributed by atoms with Gasteiger partial charge in [-0.25, -0.2) is 0 Å². The van der Waals surface area contributed by atoms with Crippen LogP contribution in [0.1, 0.15) is 25.3 Å². The first-order valence-corrected chi connectivity index (χ1v) is 5.68. The molecule has 3 heteroatoms. The minimum atomic E-state index is -0.199. The Balaban J connectivity index is 2.08. The molecule has 0 saturated heterocycles. The molecule has 0 bridgehead atoms. The molecule has 0 aliphatic carbocycles. The summed E-state index contributed by atoms with van der Waals surface area (Å²) in [5, 5.41) is 0. The Morgan fingerprint density at radius 2 is 1.82 bits per heavy atom. The van der Waals surface area contributed by atoms with Crippen LogP contribution < -0.4 is 0 Å². The lowest BCUT2D eigenvalue weighted by molar-refractivity contribution is -0.137. The summed E-state index contributed by atoms with van der Waals surface area (Å²) in [6, 6.07) is 9.89. The molecule has 0 saturated carbocycles. The van der Waals surface area contributed by atoms with Crippen molar-refractivity contribution in [3.63, 3.8) is 0 Å². The molecule has 1 aromatic carbocycles. The largest absolute Gasteiger partial charge is 0.275 e. The molecular weight excluding hydrogens is 214 g/mol. The van der Waals surface area contributed by atoms with E-state index < -0.39 is 0 Å². The fourth-order valence-electron chi connectivity index (χ4n) is 1.97. The predicted octanol–water partition coefficient (Wildman–Crippen LogP) is 2.11. The number of carbonyl (C=O) groups is 2. The van der Waals surface area contributed by atoms with Gasteiger partial charge in [-0.3, -0.25) is 14.5 Å². The summed E-state index contributed by atoms with van der Waals surface area (Å²) < 4.78 is 0. The number of hydrogen-bond donors (Lipinski definition) is 0. The van der Waals surface area contributed by atoms with Gasteiger partial charge in [-0.1, -0.05) is 37.3 Å². The molecule has 1 atom stereocenters. The van der Waals surface area contributed by atoms with Crippen LogP contribution in [0.3, 0.4) is 0 Å². The van der Waals surface area contributed by atoms with Gasteiger partial charge in [-0.15, -0.1) is 0 Å². The van der Waals surface area contributed by atoms with Crippen molar-refractivity contribution in [2.45, 2.75) is 19.8 Å². The molecule has 17 heavy (non-hydrogen) atoms. The van der Waals surface area contributed by atoms with Crippen molar-refractivity contribution < 1.29 is 9.59 Å². The van der Waals surface area contributed by atoms with Crippen molar-refractivity contribution in [3.8, 4) is 0 Å². The maximum atomic E-state index is 11.7. The Bertz CT molecular complexity index is 476. The maximum absolute atomic E-state index is 11.7. The number of nitrogens with zero attached hydrogens (tertiary/aromatic N) is 1. The molecule has 1 aliphatic heterocycles. The number of hydrogen-bond acceptors (Lipinski definition) is 2. The third-order valence-corrected chi connectivity index (χ3v) is 3.01.